The van der Waals surface area contributed by atoms with E-state index in [4.69, 9.17) is 4.74 Å². The fourth-order valence-corrected chi connectivity index (χ4v) is 1.33. The minimum atomic E-state index is 0.775. The summed E-state index contributed by atoms with van der Waals surface area (Å²) >= 11 is 0. The van der Waals surface area contributed by atoms with Crippen LogP contribution in [0, 0.1) is 0 Å². The molecule has 3 heteroatoms. The number of rotatable bonds is 0. The van der Waals surface area contributed by atoms with Gasteiger partial charge in [-0.05, 0) is 13.3 Å². The monoisotopic (exact) mass is 152 g/mol. The zero-order chi connectivity index (χ0) is 7.68. The number of aliphatic imine (C=N–C) groups is 1. The van der Waals surface area contributed by atoms with Crippen LogP contribution in [0.5, 0.6) is 0 Å². The van der Waals surface area contributed by atoms with Crippen LogP contribution in [-0.4, -0.2) is 30.4 Å². The van der Waals surface area contributed by atoms with E-state index < -0.39 is 0 Å². The number of ether oxygens (including phenoxy) is 1. The van der Waals surface area contributed by atoms with Gasteiger partial charge in [0, 0.05) is 18.3 Å². The van der Waals surface area contributed by atoms with Gasteiger partial charge in [-0.25, -0.2) is 0 Å². The van der Waals surface area contributed by atoms with Gasteiger partial charge in [0.25, 0.3) is 0 Å². The van der Waals surface area contributed by atoms with E-state index in [-0.39, 0.29) is 0 Å². The van der Waals surface area contributed by atoms with Crippen LogP contribution in [0.25, 0.3) is 0 Å². The van der Waals surface area contributed by atoms with Crippen LogP contribution in [-0.2, 0) is 4.74 Å². The van der Waals surface area contributed by atoms with Gasteiger partial charge in [-0.1, -0.05) is 0 Å². The van der Waals surface area contributed by atoms with E-state index in [2.05, 4.69) is 9.89 Å². The van der Waals surface area contributed by atoms with E-state index in [1.165, 1.54) is 0 Å². The Balaban J connectivity index is 2.17. The van der Waals surface area contributed by atoms with Gasteiger partial charge in [0.15, 0.2) is 5.88 Å². The first-order chi connectivity index (χ1) is 5.36. The first-order valence-electron chi connectivity index (χ1n) is 3.97. The van der Waals surface area contributed by atoms with Gasteiger partial charge < -0.3 is 9.64 Å². The minimum Gasteiger partial charge on any atom is -0.479 e. The number of fused-ring (bicyclic) bond motifs is 1. The maximum absolute atomic E-state index is 5.46. The summed E-state index contributed by atoms with van der Waals surface area (Å²) in [5, 5.41) is 0. The summed E-state index contributed by atoms with van der Waals surface area (Å²) in [6.45, 7) is 4.72. The van der Waals surface area contributed by atoms with Crippen molar-refractivity contribution in [2.75, 3.05) is 19.8 Å². The molecule has 0 aliphatic carbocycles. The molecule has 0 radical (unpaired) electrons. The van der Waals surface area contributed by atoms with E-state index >= 15 is 0 Å². The van der Waals surface area contributed by atoms with Crippen LogP contribution < -0.4 is 0 Å². The van der Waals surface area contributed by atoms with Crippen LogP contribution in [0.2, 0.25) is 0 Å². The second-order valence-electron chi connectivity index (χ2n) is 2.89. The topological polar surface area (TPSA) is 24.8 Å². The Bertz CT molecular complexity index is 220. The van der Waals surface area contributed by atoms with E-state index in [9.17, 15) is 0 Å². The Labute approximate surface area is 66.4 Å². The Morgan fingerprint density at radius 1 is 1.64 bits per heavy atom. The van der Waals surface area contributed by atoms with E-state index in [1.54, 1.807) is 0 Å². The molecule has 0 atom stereocenters. The standard InChI is InChI=1S/C8H12N2O/c1-7-5-8-10(6-9-7)3-2-4-11-8/h5H,2-4,6H2,1H3. The SMILES string of the molecule is CC1=NCN2CCCOC2=C1. The summed E-state index contributed by atoms with van der Waals surface area (Å²) in [5.74, 6) is 1.00. The average molecular weight is 152 g/mol. The largest absolute Gasteiger partial charge is 0.479 e. The summed E-state index contributed by atoms with van der Waals surface area (Å²) in [5.41, 5.74) is 1.07. The molecule has 1 saturated heterocycles. The molecule has 11 heavy (non-hydrogen) atoms. The Morgan fingerprint density at radius 3 is 3.45 bits per heavy atom. The van der Waals surface area contributed by atoms with E-state index in [1.807, 2.05) is 13.0 Å². The highest BCUT2D eigenvalue weighted by Crippen LogP contribution is 2.16. The summed E-state index contributed by atoms with van der Waals surface area (Å²) in [7, 11) is 0. The molecule has 0 spiro atoms. The molecule has 0 aromatic rings. The lowest BCUT2D eigenvalue weighted by Crippen LogP contribution is -2.34. The van der Waals surface area contributed by atoms with Gasteiger partial charge in [-0.15, -0.1) is 0 Å². The molecule has 3 nitrogen and oxygen atoms in total. The highest BCUT2D eigenvalue weighted by molar-refractivity contribution is 5.93. The Hall–Kier alpha value is -0.990. The van der Waals surface area contributed by atoms with Crippen LogP contribution in [0.1, 0.15) is 13.3 Å². The maximum Gasteiger partial charge on any atom is 0.192 e. The number of hydrogen-bond acceptors (Lipinski definition) is 3. The smallest absolute Gasteiger partial charge is 0.192 e. The first kappa shape index (κ1) is 6.70. The fourth-order valence-electron chi connectivity index (χ4n) is 1.33. The van der Waals surface area contributed by atoms with Gasteiger partial charge in [0.2, 0.25) is 0 Å². The van der Waals surface area contributed by atoms with Crippen molar-refractivity contribution in [3.8, 4) is 0 Å². The average Bonchev–Trinajstić information content (AvgIpc) is 2.04. The normalized spacial score (nSPS) is 23.2. The van der Waals surface area contributed by atoms with E-state index in [0.717, 1.165) is 37.8 Å². The lowest BCUT2D eigenvalue weighted by atomic mass is 10.3. The van der Waals surface area contributed by atoms with Crippen molar-refractivity contribution in [2.24, 2.45) is 4.99 Å². The number of allylic oxidation sites excluding steroid dienone is 1. The van der Waals surface area contributed by atoms with Gasteiger partial charge in [0.05, 0.1) is 6.61 Å². The molecule has 0 amide bonds. The fraction of sp³-hybridized carbons (Fsp3) is 0.625. The van der Waals surface area contributed by atoms with Crippen molar-refractivity contribution < 1.29 is 4.74 Å². The van der Waals surface area contributed by atoms with Crippen molar-refractivity contribution >= 4 is 5.71 Å². The summed E-state index contributed by atoms with van der Waals surface area (Å²) in [6.07, 6.45) is 3.12. The zero-order valence-electron chi connectivity index (χ0n) is 6.71. The molecule has 0 N–H and O–H groups in total. The molecule has 0 bridgehead atoms. The van der Waals surface area contributed by atoms with Crippen LogP contribution in [0.15, 0.2) is 17.0 Å². The Morgan fingerprint density at radius 2 is 2.55 bits per heavy atom. The predicted octanol–water partition coefficient (Wildman–Crippen LogP) is 0.982. The molecule has 0 aromatic heterocycles. The lowest BCUT2D eigenvalue weighted by Gasteiger charge is -2.32. The molecule has 2 aliphatic rings. The second kappa shape index (κ2) is 2.57. The van der Waals surface area contributed by atoms with Crippen molar-refractivity contribution in [3.63, 3.8) is 0 Å². The van der Waals surface area contributed by atoms with E-state index in [0.29, 0.717) is 0 Å². The molecule has 0 unspecified atom stereocenters. The third-order valence-corrected chi connectivity index (χ3v) is 1.96. The second-order valence-corrected chi connectivity index (χ2v) is 2.89. The van der Waals surface area contributed by atoms with Gasteiger partial charge in [-0.3, -0.25) is 4.99 Å². The molecule has 60 valence electrons. The van der Waals surface area contributed by atoms with Crippen molar-refractivity contribution in [3.05, 3.63) is 12.0 Å². The summed E-state index contributed by atoms with van der Waals surface area (Å²) in [4.78, 5) is 6.46. The van der Waals surface area contributed by atoms with Crippen LogP contribution >= 0.6 is 0 Å². The van der Waals surface area contributed by atoms with Gasteiger partial charge >= 0.3 is 0 Å². The van der Waals surface area contributed by atoms with Crippen molar-refractivity contribution in [2.45, 2.75) is 13.3 Å². The molecular formula is C8H12N2O. The third-order valence-electron chi connectivity index (χ3n) is 1.96. The quantitative estimate of drug-likeness (QED) is 0.517. The first-order valence-corrected chi connectivity index (χ1v) is 3.97. The molecule has 2 aliphatic heterocycles. The summed E-state index contributed by atoms with van der Waals surface area (Å²) in [6, 6.07) is 0. The molecule has 2 heterocycles. The number of hydrogen-bond donors (Lipinski definition) is 0. The highest BCUT2D eigenvalue weighted by Gasteiger charge is 2.17. The van der Waals surface area contributed by atoms with Crippen molar-refractivity contribution in [1.29, 1.82) is 0 Å². The molecular weight excluding hydrogens is 140 g/mol. The molecule has 1 fully saturated rings. The Kier molecular flexibility index (Phi) is 1.56. The molecule has 0 aromatic carbocycles. The highest BCUT2D eigenvalue weighted by atomic mass is 16.5. The zero-order valence-corrected chi connectivity index (χ0v) is 6.71. The minimum absolute atomic E-state index is 0.775. The number of nitrogens with zero attached hydrogens (tertiary/aromatic N) is 2. The van der Waals surface area contributed by atoms with Gasteiger partial charge in [0.1, 0.15) is 6.67 Å². The van der Waals surface area contributed by atoms with Crippen LogP contribution in [0.4, 0.5) is 0 Å². The van der Waals surface area contributed by atoms with Gasteiger partial charge in [-0.2, -0.15) is 0 Å². The molecule has 2 rings (SSSR count). The molecule has 0 saturated carbocycles. The van der Waals surface area contributed by atoms with Crippen molar-refractivity contribution in [1.82, 2.24) is 4.90 Å². The maximum atomic E-state index is 5.46. The third kappa shape index (κ3) is 1.23. The summed E-state index contributed by atoms with van der Waals surface area (Å²) < 4.78 is 5.46. The lowest BCUT2D eigenvalue weighted by molar-refractivity contribution is 0.0650. The predicted molar refractivity (Wildman–Crippen MR) is 43.3 cm³/mol. The van der Waals surface area contributed by atoms with Crippen LogP contribution in [0.3, 0.4) is 0 Å².